The minimum atomic E-state index is -0.788. The summed E-state index contributed by atoms with van der Waals surface area (Å²) in [4.78, 5) is 16.1. The van der Waals surface area contributed by atoms with Gasteiger partial charge >= 0.3 is 0 Å². The Morgan fingerprint density at radius 1 is 1.27 bits per heavy atom. The zero-order valence-electron chi connectivity index (χ0n) is 15.8. The van der Waals surface area contributed by atoms with Crippen LogP contribution in [0.5, 0.6) is 0 Å². The molecule has 0 saturated carbocycles. The summed E-state index contributed by atoms with van der Waals surface area (Å²) in [6.45, 7) is 11.9. The lowest BCUT2D eigenvalue weighted by Gasteiger charge is -2.38. The van der Waals surface area contributed by atoms with Gasteiger partial charge in [0.15, 0.2) is 0 Å². The lowest BCUT2D eigenvalue weighted by atomic mass is 10.0. The molecule has 0 spiro atoms. The monoisotopic (exact) mass is 377 g/mol. The highest BCUT2D eigenvalue weighted by Gasteiger charge is 2.38. The number of anilines is 1. The number of hydrazone groups is 1. The number of benzene rings is 1. The predicted molar refractivity (Wildman–Crippen MR) is 107 cm³/mol. The number of para-hydroxylation sites is 1. The molecule has 1 saturated heterocycles. The van der Waals surface area contributed by atoms with Crippen LogP contribution in [-0.4, -0.2) is 67.2 Å². The number of halogens is 1. The van der Waals surface area contributed by atoms with E-state index in [0.717, 1.165) is 39.3 Å². The van der Waals surface area contributed by atoms with Crippen LogP contribution in [0.4, 0.5) is 5.69 Å². The van der Waals surface area contributed by atoms with Gasteiger partial charge in [0.1, 0.15) is 10.9 Å². The third-order valence-electron chi connectivity index (χ3n) is 5.22. The normalized spacial score (nSPS) is 26.8. The molecule has 2 N–H and O–H groups in total. The summed E-state index contributed by atoms with van der Waals surface area (Å²) in [5.41, 5.74) is 6.53. The smallest absolute Gasteiger partial charge is 0.259 e. The Balaban J connectivity index is 1.48. The largest absolute Gasteiger partial charge is 0.369 e. The lowest BCUT2D eigenvalue weighted by Crippen LogP contribution is -2.59. The minimum Gasteiger partial charge on any atom is -0.369 e. The number of amides is 1. The van der Waals surface area contributed by atoms with E-state index in [9.17, 15) is 4.79 Å². The highest BCUT2D eigenvalue weighted by molar-refractivity contribution is 6.34. The SMILES string of the molecule is Cc1cccc(C)c1N1CCN(CCNC2C(=O)NN=CC2(C)Cl)CC1. The second-order valence-electron chi connectivity index (χ2n) is 7.34. The molecule has 3 rings (SSSR count). The van der Waals surface area contributed by atoms with E-state index in [1.807, 2.05) is 0 Å². The summed E-state index contributed by atoms with van der Waals surface area (Å²) in [6, 6.07) is 6.02. The highest BCUT2D eigenvalue weighted by atomic mass is 35.5. The van der Waals surface area contributed by atoms with E-state index in [0.29, 0.717) is 0 Å². The van der Waals surface area contributed by atoms with Crippen LogP contribution in [0.25, 0.3) is 0 Å². The number of aryl methyl sites for hydroxylation is 2. The van der Waals surface area contributed by atoms with Crippen LogP contribution in [0.15, 0.2) is 23.3 Å². The van der Waals surface area contributed by atoms with Crippen molar-refractivity contribution in [3.8, 4) is 0 Å². The third-order valence-corrected chi connectivity index (χ3v) is 5.54. The van der Waals surface area contributed by atoms with Gasteiger partial charge in [-0.25, -0.2) is 5.43 Å². The van der Waals surface area contributed by atoms with E-state index >= 15 is 0 Å². The molecule has 1 aromatic carbocycles. The Morgan fingerprint density at radius 3 is 2.54 bits per heavy atom. The van der Waals surface area contributed by atoms with Gasteiger partial charge in [-0.1, -0.05) is 18.2 Å². The van der Waals surface area contributed by atoms with Gasteiger partial charge in [0.2, 0.25) is 0 Å². The molecular formula is C19H28ClN5O. The van der Waals surface area contributed by atoms with Gasteiger partial charge in [-0.05, 0) is 31.9 Å². The fourth-order valence-corrected chi connectivity index (χ4v) is 4.00. The van der Waals surface area contributed by atoms with E-state index in [-0.39, 0.29) is 5.91 Å². The second-order valence-corrected chi connectivity index (χ2v) is 8.16. The number of nitrogens with zero attached hydrogens (tertiary/aromatic N) is 3. The van der Waals surface area contributed by atoms with Crippen molar-refractivity contribution in [3.05, 3.63) is 29.3 Å². The fourth-order valence-electron chi connectivity index (χ4n) is 3.78. The second kappa shape index (κ2) is 7.94. The van der Waals surface area contributed by atoms with Crippen molar-refractivity contribution in [2.75, 3.05) is 44.2 Å². The van der Waals surface area contributed by atoms with E-state index in [4.69, 9.17) is 11.6 Å². The standard InChI is InChI=1S/C19H28ClN5O/c1-14-5-4-6-15(2)16(14)25-11-9-24(10-12-25)8-7-21-17-18(26)23-22-13-19(17,3)20/h4-6,13,17,21H,7-12H2,1-3H3,(H,23,26). The van der Waals surface area contributed by atoms with E-state index in [2.05, 4.69) is 57.7 Å². The molecule has 2 aliphatic rings. The van der Waals surface area contributed by atoms with Crippen molar-refractivity contribution in [1.82, 2.24) is 15.6 Å². The van der Waals surface area contributed by atoms with Crippen molar-refractivity contribution in [1.29, 1.82) is 0 Å². The van der Waals surface area contributed by atoms with Crippen molar-refractivity contribution in [3.63, 3.8) is 0 Å². The van der Waals surface area contributed by atoms with Crippen molar-refractivity contribution in [2.45, 2.75) is 31.7 Å². The molecule has 26 heavy (non-hydrogen) atoms. The number of nitrogens with one attached hydrogen (secondary N) is 2. The summed E-state index contributed by atoms with van der Waals surface area (Å²) < 4.78 is 0. The first-order valence-corrected chi connectivity index (χ1v) is 9.56. The Morgan fingerprint density at radius 2 is 1.92 bits per heavy atom. The molecule has 1 fully saturated rings. The molecule has 0 bridgehead atoms. The van der Waals surface area contributed by atoms with Gasteiger partial charge in [-0.15, -0.1) is 11.6 Å². The molecule has 0 aromatic heterocycles. The zero-order chi connectivity index (χ0) is 18.7. The first-order valence-electron chi connectivity index (χ1n) is 9.18. The van der Waals surface area contributed by atoms with Crippen LogP contribution in [0.1, 0.15) is 18.1 Å². The van der Waals surface area contributed by atoms with Gasteiger partial charge in [0.05, 0.1) is 0 Å². The number of rotatable bonds is 5. The number of carbonyl (C=O) groups is 1. The number of alkyl halides is 1. The summed E-state index contributed by atoms with van der Waals surface area (Å²) in [6.07, 6.45) is 1.58. The van der Waals surface area contributed by atoms with Crippen molar-refractivity contribution in [2.24, 2.45) is 5.10 Å². The van der Waals surface area contributed by atoms with Crippen LogP contribution < -0.4 is 15.6 Å². The van der Waals surface area contributed by atoms with Gasteiger partial charge in [0, 0.05) is 51.2 Å². The maximum atomic E-state index is 12.0. The molecule has 1 amide bonds. The Bertz CT molecular complexity index is 662. The molecule has 1 aromatic rings. The zero-order valence-corrected chi connectivity index (χ0v) is 16.5. The first-order chi connectivity index (χ1) is 12.4. The van der Waals surface area contributed by atoms with E-state index < -0.39 is 10.9 Å². The number of hydrogen-bond donors (Lipinski definition) is 2. The molecule has 2 unspecified atom stereocenters. The van der Waals surface area contributed by atoms with Gasteiger partial charge < -0.3 is 10.2 Å². The van der Waals surface area contributed by atoms with E-state index in [1.54, 1.807) is 13.1 Å². The highest BCUT2D eigenvalue weighted by Crippen LogP contribution is 2.25. The number of carbonyl (C=O) groups excluding carboxylic acids is 1. The molecular weight excluding hydrogens is 350 g/mol. The Kier molecular flexibility index (Phi) is 5.85. The third kappa shape index (κ3) is 4.19. The molecule has 7 heteroatoms. The first kappa shape index (κ1) is 19.1. The quantitative estimate of drug-likeness (QED) is 0.763. The van der Waals surface area contributed by atoms with Gasteiger partial charge in [-0.3, -0.25) is 9.69 Å². The molecule has 2 aliphatic heterocycles. The fraction of sp³-hybridized carbons (Fsp3) is 0.579. The molecule has 2 atom stereocenters. The summed E-state index contributed by atoms with van der Waals surface area (Å²) in [5.74, 6) is -0.176. The van der Waals surface area contributed by atoms with Crippen LogP contribution in [0, 0.1) is 13.8 Å². The predicted octanol–water partition coefficient (Wildman–Crippen LogP) is 1.50. The maximum Gasteiger partial charge on any atom is 0.259 e. The van der Waals surface area contributed by atoms with Crippen LogP contribution in [0.2, 0.25) is 0 Å². The summed E-state index contributed by atoms with van der Waals surface area (Å²) in [5, 5.41) is 7.08. The molecule has 0 aliphatic carbocycles. The van der Waals surface area contributed by atoms with Gasteiger partial charge in [-0.2, -0.15) is 5.10 Å². The van der Waals surface area contributed by atoms with Crippen LogP contribution in [-0.2, 0) is 4.79 Å². The molecule has 142 valence electrons. The van der Waals surface area contributed by atoms with Crippen LogP contribution >= 0.6 is 11.6 Å². The topological polar surface area (TPSA) is 60.0 Å². The van der Waals surface area contributed by atoms with Gasteiger partial charge in [0.25, 0.3) is 5.91 Å². The Hall–Kier alpha value is -1.63. The van der Waals surface area contributed by atoms with Crippen molar-refractivity contribution >= 4 is 29.4 Å². The minimum absolute atomic E-state index is 0.176. The summed E-state index contributed by atoms with van der Waals surface area (Å²) >= 11 is 6.38. The molecule has 6 nitrogen and oxygen atoms in total. The van der Waals surface area contributed by atoms with E-state index in [1.165, 1.54) is 16.8 Å². The van der Waals surface area contributed by atoms with Crippen LogP contribution in [0.3, 0.4) is 0 Å². The average molecular weight is 378 g/mol. The number of hydrogen-bond acceptors (Lipinski definition) is 5. The summed E-state index contributed by atoms with van der Waals surface area (Å²) in [7, 11) is 0. The molecule has 2 heterocycles. The number of piperazine rings is 1. The average Bonchev–Trinajstić information content (AvgIpc) is 2.58. The Labute approximate surface area is 160 Å². The molecule has 0 radical (unpaired) electrons. The van der Waals surface area contributed by atoms with Crippen molar-refractivity contribution < 1.29 is 4.79 Å². The maximum absolute atomic E-state index is 12.0. The lowest BCUT2D eigenvalue weighted by molar-refractivity contribution is -0.123.